The second-order valence-corrected chi connectivity index (χ2v) is 7.37. The molecule has 2 aliphatic heterocycles. The summed E-state index contributed by atoms with van der Waals surface area (Å²) in [5.41, 5.74) is 1.35. The predicted octanol–water partition coefficient (Wildman–Crippen LogP) is 2.24. The van der Waals surface area contributed by atoms with Crippen LogP contribution in [0.15, 0.2) is 24.3 Å². The van der Waals surface area contributed by atoms with Crippen LogP contribution in [-0.2, 0) is 16.0 Å². The average Bonchev–Trinajstić information content (AvgIpc) is 2.72. The van der Waals surface area contributed by atoms with Crippen molar-refractivity contribution in [1.29, 1.82) is 0 Å². The second-order valence-electron chi connectivity index (χ2n) is 7.37. The third kappa shape index (κ3) is 6.38. The molecule has 0 unspecified atom stereocenters. The van der Waals surface area contributed by atoms with E-state index in [1.165, 1.54) is 5.56 Å². The van der Waals surface area contributed by atoms with Crippen LogP contribution in [-0.4, -0.2) is 75.2 Å². The Balaban J connectivity index is 1.30. The van der Waals surface area contributed by atoms with E-state index in [0.29, 0.717) is 0 Å². The zero-order chi connectivity index (χ0) is 18.0. The number of ether oxygens (including phenoxy) is 2. The van der Waals surface area contributed by atoms with Crippen LogP contribution >= 0.6 is 0 Å². The van der Waals surface area contributed by atoms with Gasteiger partial charge >= 0.3 is 0 Å². The molecule has 1 aromatic rings. The van der Waals surface area contributed by atoms with Crippen molar-refractivity contribution in [2.24, 2.45) is 5.92 Å². The van der Waals surface area contributed by atoms with Gasteiger partial charge in [0.2, 0.25) is 0 Å². The van der Waals surface area contributed by atoms with Crippen LogP contribution in [0, 0.1) is 5.92 Å². The summed E-state index contributed by atoms with van der Waals surface area (Å²) >= 11 is 0. The van der Waals surface area contributed by atoms with Gasteiger partial charge in [0.15, 0.2) is 0 Å². The molecule has 0 bridgehead atoms. The molecule has 0 saturated carbocycles. The predicted molar refractivity (Wildman–Crippen MR) is 103 cm³/mol. The van der Waals surface area contributed by atoms with E-state index in [0.717, 1.165) is 96.8 Å². The fourth-order valence-corrected chi connectivity index (χ4v) is 3.66. The average molecular weight is 360 g/mol. The molecule has 0 amide bonds. The number of aldehydes is 1. The molecule has 0 spiro atoms. The Labute approximate surface area is 157 Å². The lowest BCUT2D eigenvalue weighted by Crippen LogP contribution is -2.37. The van der Waals surface area contributed by atoms with Gasteiger partial charge in [-0.2, -0.15) is 0 Å². The molecular formula is C21H32N2O3. The lowest BCUT2D eigenvalue weighted by Gasteiger charge is -2.29. The summed E-state index contributed by atoms with van der Waals surface area (Å²) in [6.45, 7) is 8.83. The highest BCUT2D eigenvalue weighted by Gasteiger charge is 2.17. The maximum absolute atomic E-state index is 10.8. The number of rotatable bonds is 9. The van der Waals surface area contributed by atoms with E-state index in [-0.39, 0.29) is 5.92 Å². The van der Waals surface area contributed by atoms with Gasteiger partial charge in [0.25, 0.3) is 0 Å². The largest absolute Gasteiger partial charge is 0.494 e. The van der Waals surface area contributed by atoms with Crippen LogP contribution < -0.4 is 4.74 Å². The van der Waals surface area contributed by atoms with Gasteiger partial charge in [0.05, 0.1) is 19.8 Å². The van der Waals surface area contributed by atoms with E-state index in [1.807, 2.05) is 0 Å². The topological polar surface area (TPSA) is 42.0 Å². The Morgan fingerprint density at radius 3 is 2.38 bits per heavy atom. The number of hydrogen-bond acceptors (Lipinski definition) is 5. The second kappa shape index (κ2) is 10.7. The van der Waals surface area contributed by atoms with Gasteiger partial charge in [-0.15, -0.1) is 0 Å². The summed E-state index contributed by atoms with van der Waals surface area (Å²) in [7, 11) is 0. The van der Waals surface area contributed by atoms with Crippen molar-refractivity contribution < 1.29 is 14.3 Å². The van der Waals surface area contributed by atoms with Gasteiger partial charge in [0, 0.05) is 32.1 Å². The Bertz CT molecular complexity index is 521. The van der Waals surface area contributed by atoms with Crippen molar-refractivity contribution in [3.05, 3.63) is 29.8 Å². The van der Waals surface area contributed by atoms with E-state index in [1.54, 1.807) is 0 Å². The van der Waals surface area contributed by atoms with E-state index in [4.69, 9.17) is 9.47 Å². The number of hydrogen-bond donors (Lipinski definition) is 0. The molecule has 2 heterocycles. The van der Waals surface area contributed by atoms with Crippen LogP contribution in [0.1, 0.15) is 24.8 Å². The molecule has 5 nitrogen and oxygen atoms in total. The molecule has 2 saturated heterocycles. The highest BCUT2D eigenvalue weighted by molar-refractivity contribution is 5.53. The SMILES string of the molecule is O=CC1CCN(CCc2ccc(OCCCN3CCOCC3)cc2)CC1. The molecule has 0 radical (unpaired) electrons. The van der Waals surface area contributed by atoms with Crippen molar-refractivity contribution in [1.82, 2.24) is 9.80 Å². The summed E-state index contributed by atoms with van der Waals surface area (Å²) in [4.78, 5) is 15.7. The molecule has 2 fully saturated rings. The zero-order valence-electron chi connectivity index (χ0n) is 15.8. The third-order valence-electron chi connectivity index (χ3n) is 5.46. The minimum Gasteiger partial charge on any atom is -0.494 e. The number of piperidine rings is 1. The van der Waals surface area contributed by atoms with Crippen LogP contribution in [0.3, 0.4) is 0 Å². The smallest absolute Gasteiger partial charge is 0.123 e. The fraction of sp³-hybridized carbons (Fsp3) is 0.667. The number of morpholine rings is 1. The first-order valence-electron chi connectivity index (χ1n) is 10.0. The molecule has 3 rings (SSSR count). The molecule has 1 aromatic carbocycles. The quantitative estimate of drug-likeness (QED) is 0.499. The van der Waals surface area contributed by atoms with Crippen LogP contribution in [0.25, 0.3) is 0 Å². The number of carbonyl (C=O) groups is 1. The maximum Gasteiger partial charge on any atom is 0.123 e. The highest BCUT2D eigenvalue weighted by atomic mass is 16.5. The Morgan fingerprint density at radius 2 is 1.69 bits per heavy atom. The summed E-state index contributed by atoms with van der Waals surface area (Å²) in [5, 5.41) is 0. The molecule has 2 aliphatic rings. The minimum absolute atomic E-state index is 0.283. The minimum atomic E-state index is 0.283. The van der Waals surface area contributed by atoms with Gasteiger partial charge in [-0.1, -0.05) is 12.1 Å². The molecule has 5 heteroatoms. The monoisotopic (exact) mass is 360 g/mol. The third-order valence-corrected chi connectivity index (χ3v) is 5.46. The molecular weight excluding hydrogens is 328 g/mol. The first-order valence-corrected chi connectivity index (χ1v) is 10.0. The lowest BCUT2D eigenvalue weighted by atomic mass is 9.98. The number of carbonyl (C=O) groups excluding carboxylic acids is 1. The summed E-state index contributed by atoms with van der Waals surface area (Å²) in [6, 6.07) is 8.52. The molecule has 0 N–H and O–H groups in total. The van der Waals surface area contributed by atoms with Gasteiger partial charge in [-0.25, -0.2) is 0 Å². The highest BCUT2D eigenvalue weighted by Crippen LogP contribution is 2.17. The van der Waals surface area contributed by atoms with Crippen LogP contribution in [0.5, 0.6) is 5.75 Å². The van der Waals surface area contributed by atoms with E-state index in [9.17, 15) is 4.79 Å². The molecule has 144 valence electrons. The Hall–Kier alpha value is -1.43. The summed E-state index contributed by atoms with van der Waals surface area (Å²) in [6.07, 6.45) is 5.26. The van der Waals surface area contributed by atoms with Gasteiger partial charge in [-0.05, 0) is 56.5 Å². The van der Waals surface area contributed by atoms with Crippen molar-refractivity contribution in [3.63, 3.8) is 0 Å². The Kier molecular flexibility index (Phi) is 7.92. The van der Waals surface area contributed by atoms with E-state index in [2.05, 4.69) is 34.1 Å². The first kappa shape index (κ1) is 19.3. The van der Waals surface area contributed by atoms with E-state index < -0.39 is 0 Å². The van der Waals surface area contributed by atoms with E-state index >= 15 is 0 Å². The van der Waals surface area contributed by atoms with Crippen molar-refractivity contribution >= 4 is 6.29 Å². The van der Waals surface area contributed by atoms with Crippen LogP contribution in [0.2, 0.25) is 0 Å². The number of nitrogens with zero attached hydrogens (tertiary/aromatic N) is 2. The molecule has 0 atom stereocenters. The maximum atomic E-state index is 10.8. The molecule has 0 aromatic heterocycles. The number of likely N-dealkylation sites (tertiary alicyclic amines) is 1. The van der Waals surface area contributed by atoms with Gasteiger partial charge < -0.3 is 19.2 Å². The molecule has 0 aliphatic carbocycles. The van der Waals surface area contributed by atoms with Crippen molar-refractivity contribution in [3.8, 4) is 5.75 Å². The zero-order valence-corrected chi connectivity index (χ0v) is 15.8. The van der Waals surface area contributed by atoms with Crippen LogP contribution in [0.4, 0.5) is 0 Å². The van der Waals surface area contributed by atoms with Crippen molar-refractivity contribution in [2.45, 2.75) is 25.7 Å². The van der Waals surface area contributed by atoms with Gasteiger partial charge in [-0.3, -0.25) is 4.90 Å². The number of benzene rings is 1. The summed E-state index contributed by atoms with van der Waals surface area (Å²) in [5.74, 6) is 1.24. The fourth-order valence-electron chi connectivity index (χ4n) is 3.66. The lowest BCUT2D eigenvalue weighted by molar-refractivity contribution is -0.112. The van der Waals surface area contributed by atoms with Gasteiger partial charge in [0.1, 0.15) is 12.0 Å². The molecule has 26 heavy (non-hydrogen) atoms. The Morgan fingerprint density at radius 1 is 1.00 bits per heavy atom. The first-order chi connectivity index (χ1) is 12.8. The standard InChI is InChI=1S/C21H32N2O3/c24-18-20-7-11-23(12-8-20)10-6-19-2-4-21(5-3-19)26-15-1-9-22-13-16-25-17-14-22/h2-5,18,20H,1,6-17H2. The van der Waals surface area contributed by atoms with Crippen molar-refractivity contribution in [2.75, 3.05) is 59.1 Å². The normalized spacial score (nSPS) is 20.2. The summed E-state index contributed by atoms with van der Waals surface area (Å²) < 4.78 is 11.2.